The van der Waals surface area contributed by atoms with Crippen molar-refractivity contribution >= 4 is 18.0 Å². The number of nitrogens with zero attached hydrogens (tertiary/aromatic N) is 2. The van der Waals surface area contributed by atoms with Crippen molar-refractivity contribution in [3.05, 3.63) is 12.2 Å². The molecule has 1 saturated heterocycles. The summed E-state index contributed by atoms with van der Waals surface area (Å²) < 4.78 is 15.8. The summed E-state index contributed by atoms with van der Waals surface area (Å²) in [5.41, 5.74) is -0.217. The van der Waals surface area contributed by atoms with Crippen LogP contribution in [0.15, 0.2) is 12.2 Å². The quantitative estimate of drug-likeness (QED) is 0.370. The van der Waals surface area contributed by atoms with Gasteiger partial charge in [0.15, 0.2) is 0 Å². The van der Waals surface area contributed by atoms with Gasteiger partial charge in [-0.1, -0.05) is 26.3 Å². The number of hydrogen-bond acceptors (Lipinski definition) is 7. The Labute approximate surface area is 185 Å². The molecule has 0 aliphatic carbocycles. The van der Waals surface area contributed by atoms with Crippen LogP contribution in [0.25, 0.3) is 0 Å². The van der Waals surface area contributed by atoms with E-state index in [4.69, 9.17) is 9.47 Å². The first-order valence-electron chi connectivity index (χ1n) is 11.4. The fourth-order valence-electron chi connectivity index (χ4n) is 3.87. The van der Waals surface area contributed by atoms with E-state index in [0.717, 1.165) is 45.3 Å². The third-order valence-electron chi connectivity index (χ3n) is 6.02. The van der Waals surface area contributed by atoms with Gasteiger partial charge in [0, 0.05) is 44.4 Å². The van der Waals surface area contributed by atoms with Crippen molar-refractivity contribution in [3.63, 3.8) is 0 Å². The first-order valence-corrected chi connectivity index (χ1v) is 11.4. The third-order valence-corrected chi connectivity index (χ3v) is 6.02. The second kappa shape index (κ2) is 12.7. The van der Waals surface area contributed by atoms with Crippen molar-refractivity contribution in [2.75, 3.05) is 46.4 Å². The molecule has 1 fully saturated rings. The molecule has 1 atom stereocenters. The number of piperazine rings is 1. The van der Waals surface area contributed by atoms with Crippen LogP contribution in [0.1, 0.15) is 58.8 Å². The van der Waals surface area contributed by atoms with Gasteiger partial charge in [-0.05, 0) is 38.3 Å². The number of rotatable bonds is 5. The van der Waals surface area contributed by atoms with Gasteiger partial charge in [-0.2, -0.15) is 0 Å². The Morgan fingerprint density at radius 2 is 1.94 bits per heavy atom. The Morgan fingerprint density at radius 1 is 1.19 bits per heavy atom. The van der Waals surface area contributed by atoms with Gasteiger partial charge in [0.1, 0.15) is 6.10 Å². The summed E-state index contributed by atoms with van der Waals surface area (Å²) in [5.74, 6) is -0.327. The van der Waals surface area contributed by atoms with E-state index in [-0.39, 0.29) is 29.6 Å². The minimum absolute atomic E-state index is 0.140. The van der Waals surface area contributed by atoms with Gasteiger partial charge < -0.3 is 19.1 Å². The van der Waals surface area contributed by atoms with Gasteiger partial charge in [-0.15, -0.1) is 0 Å². The molecule has 0 spiro atoms. The van der Waals surface area contributed by atoms with Crippen LogP contribution in [0.2, 0.25) is 0 Å². The van der Waals surface area contributed by atoms with Crippen molar-refractivity contribution in [2.45, 2.75) is 64.9 Å². The van der Waals surface area contributed by atoms with Gasteiger partial charge in [0.05, 0.1) is 13.7 Å². The summed E-state index contributed by atoms with van der Waals surface area (Å²) in [4.78, 5) is 39.7. The fraction of sp³-hybridized carbons (Fsp3) is 0.783. The zero-order valence-corrected chi connectivity index (χ0v) is 19.3. The topological polar surface area (TPSA) is 85.4 Å². The standard InChI is InChI=1S/C23H38N2O6/c1-23(2)12-6-4-10-21(27)30-18-7-5-9-19(23)31-22(28)25-16-14-24(15-17-25)13-8-11-20(26)29-3/h5,9,19H,4,6-8,10-18H2,1-3H3/b9-5+. The molecule has 0 saturated carbocycles. The Balaban J connectivity index is 1.85. The molecule has 8 heteroatoms. The average molecular weight is 439 g/mol. The van der Waals surface area contributed by atoms with Crippen molar-refractivity contribution in [3.8, 4) is 0 Å². The second-order valence-electron chi connectivity index (χ2n) is 8.95. The molecule has 0 radical (unpaired) electrons. The monoisotopic (exact) mass is 438 g/mol. The number of hydrogen-bond donors (Lipinski definition) is 0. The minimum atomic E-state index is -0.326. The van der Waals surface area contributed by atoms with E-state index >= 15 is 0 Å². The van der Waals surface area contributed by atoms with E-state index in [1.54, 1.807) is 4.90 Å². The van der Waals surface area contributed by atoms with E-state index in [9.17, 15) is 14.4 Å². The largest absolute Gasteiger partial charge is 0.469 e. The van der Waals surface area contributed by atoms with Gasteiger partial charge in [-0.3, -0.25) is 14.5 Å². The van der Waals surface area contributed by atoms with Crippen LogP contribution < -0.4 is 0 Å². The van der Waals surface area contributed by atoms with Crippen molar-refractivity contribution in [1.29, 1.82) is 0 Å². The molecule has 0 aromatic heterocycles. The highest BCUT2D eigenvalue weighted by Crippen LogP contribution is 2.32. The van der Waals surface area contributed by atoms with Crippen LogP contribution in [0.5, 0.6) is 0 Å². The molecule has 2 aliphatic heterocycles. The molecule has 0 aromatic rings. The van der Waals surface area contributed by atoms with E-state index in [0.29, 0.717) is 39.0 Å². The summed E-state index contributed by atoms with van der Waals surface area (Å²) in [5, 5.41) is 0. The number of carbonyl (C=O) groups excluding carboxylic acids is 3. The van der Waals surface area contributed by atoms with Crippen molar-refractivity contribution < 1.29 is 28.6 Å². The highest BCUT2D eigenvalue weighted by Gasteiger charge is 2.33. The molecule has 1 unspecified atom stereocenters. The summed E-state index contributed by atoms with van der Waals surface area (Å²) in [6.07, 6.45) is 8.02. The van der Waals surface area contributed by atoms with Crippen molar-refractivity contribution in [1.82, 2.24) is 9.80 Å². The molecule has 0 bridgehead atoms. The molecule has 8 nitrogen and oxygen atoms in total. The Morgan fingerprint density at radius 3 is 2.65 bits per heavy atom. The van der Waals surface area contributed by atoms with Crippen LogP contribution >= 0.6 is 0 Å². The highest BCUT2D eigenvalue weighted by atomic mass is 16.6. The normalized spacial score (nSPS) is 24.3. The maximum absolute atomic E-state index is 12.8. The molecule has 176 valence electrons. The molecule has 1 amide bonds. The maximum atomic E-state index is 12.8. The lowest BCUT2D eigenvalue weighted by Gasteiger charge is -2.37. The minimum Gasteiger partial charge on any atom is -0.469 e. The third kappa shape index (κ3) is 8.89. The molecular weight excluding hydrogens is 400 g/mol. The van der Waals surface area contributed by atoms with Crippen LogP contribution in [0.4, 0.5) is 4.79 Å². The van der Waals surface area contributed by atoms with E-state index < -0.39 is 0 Å². The molecular formula is C23H38N2O6. The van der Waals surface area contributed by atoms with Gasteiger partial charge in [-0.25, -0.2) is 4.79 Å². The van der Waals surface area contributed by atoms with Crippen molar-refractivity contribution in [2.24, 2.45) is 5.41 Å². The molecule has 2 heterocycles. The zero-order valence-electron chi connectivity index (χ0n) is 19.3. The van der Waals surface area contributed by atoms with Crippen LogP contribution in [0.3, 0.4) is 0 Å². The first kappa shape index (κ1) is 25.2. The molecule has 31 heavy (non-hydrogen) atoms. The number of carbonyl (C=O) groups is 3. The van der Waals surface area contributed by atoms with E-state index in [2.05, 4.69) is 23.5 Å². The highest BCUT2D eigenvalue weighted by molar-refractivity contribution is 5.69. The van der Waals surface area contributed by atoms with E-state index in [1.165, 1.54) is 7.11 Å². The maximum Gasteiger partial charge on any atom is 0.410 e. The number of cyclic esters (lactones) is 1. The smallest absolute Gasteiger partial charge is 0.410 e. The Kier molecular flexibility index (Phi) is 10.3. The Bertz CT molecular complexity index is 626. The van der Waals surface area contributed by atoms with Gasteiger partial charge in [0.2, 0.25) is 0 Å². The number of methoxy groups -OCH3 is 1. The number of ether oxygens (including phenoxy) is 3. The van der Waals surface area contributed by atoms with Gasteiger partial charge >= 0.3 is 18.0 Å². The predicted molar refractivity (Wildman–Crippen MR) is 116 cm³/mol. The lowest BCUT2D eigenvalue weighted by atomic mass is 9.81. The first-order chi connectivity index (χ1) is 14.8. The molecule has 0 N–H and O–H groups in total. The number of amides is 1. The zero-order chi connectivity index (χ0) is 22.7. The summed E-state index contributed by atoms with van der Waals surface area (Å²) in [6.45, 7) is 8.16. The van der Waals surface area contributed by atoms with Crippen LogP contribution in [0, 0.1) is 5.41 Å². The molecule has 0 aromatic carbocycles. The number of esters is 2. The second-order valence-corrected chi connectivity index (χ2v) is 8.95. The lowest BCUT2D eigenvalue weighted by molar-refractivity contribution is -0.143. The van der Waals surface area contributed by atoms with Gasteiger partial charge in [0.25, 0.3) is 0 Å². The van der Waals surface area contributed by atoms with Crippen LogP contribution in [-0.2, 0) is 23.8 Å². The predicted octanol–water partition coefficient (Wildman–Crippen LogP) is 3.15. The molecule has 2 aliphatic rings. The molecule has 2 rings (SSSR count). The average Bonchev–Trinajstić information content (AvgIpc) is 2.75. The summed E-state index contributed by atoms with van der Waals surface area (Å²) in [7, 11) is 1.40. The fourth-order valence-corrected chi connectivity index (χ4v) is 3.87. The lowest BCUT2D eigenvalue weighted by Crippen LogP contribution is -2.50. The Hall–Kier alpha value is -2.09. The summed E-state index contributed by atoms with van der Waals surface area (Å²) >= 11 is 0. The SMILES string of the molecule is COC(=O)CCCN1CCN(C(=O)OC2/C=C/CCOC(=O)CCCCC2(C)C)CC1. The van der Waals surface area contributed by atoms with Crippen LogP contribution in [-0.4, -0.2) is 80.4 Å². The summed E-state index contributed by atoms with van der Waals surface area (Å²) in [6, 6.07) is 0. The van der Waals surface area contributed by atoms with E-state index in [1.807, 2.05) is 12.2 Å².